The Kier molecular flexibility index (Phi) is 4.20. The molecular formula is C18H21FN2. The van der Waals surface area contributed by atoms with Crippen molar-refractivity contribution in [1.29, 1.82) is 0 Å². The van der Waals surface area contributed by atoms with Gasteiger partial charge in [0.2, 0.25) is 0 Å². The Balaban J connectivity index is 2.01. The Labute approximate surface area is 125 Å². The molecule has 2 aromatic rings. The normalized spacial score (nSPS) is 14.6. The molecule has 0 spiro atoms. The van der Waals surface area contributed by atoms with Crippen LogP contribution in [0.25, 0.3) is 0 Å². The summed E-state index contributed by atoms with van der Waals surface area (Å²) in [7, 11) is 1.94. The van der Waals surface area contributed by atoms with E-state index in [9.17, 15) is 4.39 Å². The van der Waals surface area contributed by atoms with E-state index < -0.39 is 0 Å². The SMILES string of the molecule is CNCCC(c1ccccc1)c1ccc2c(c1F)CCN2. The average Bonchev–Trinajstić information content (AvgIpc) is 3.00. The van der Waals surface area contributed by atoms with Gasteiger partial charge in [-0.3, -0.25) is 0 Å². The van der Waals surface area contributed by atoms with E-state index in [-0.39, 0.29) is 11.7 Å². The second kappa shape index (κ2) is 6.27. The third kappa shape index (κ3) is 2.79. The van der Waals surface area contributed by atoms with E-state index >= 15 is 0 Å². The lowest BCUT2D eigenvalue weighted by Crippen LogP contribution is -2.14. The second-order valence-corrected chi connectivity index (χ2v) is 5.53. The van der Waals surface area contributed by atoms with Crippen LogP contribution in [0.2, 0.25) is 0 Å². The lowest BCUT2D eigenvalue weighted by Gasteiger charge is -2.20. The Hall–Kier alpha value is -1.87. The molecule has 0 saturated carbocycles. The highest BCUT2D eigenvalue weighted by Gasteiger charge is 2.23. The molecule has 2 aromatic carbocycles. The summed E-state index contributed by atoms with van der Waals surface area (Å²) in [5.74, 6) is 0.0759. The summed E-state index contributed by atoms with van der Waals surface area (Å²) < 4.78 is 14.9. The molecule has 0 bridgehead atoms. The van der Waals surface area contributed by atoms with Crippen molar-refractivity contribution in [3.05, 3.63) is 65.0 Å². The van der Waals surface area contributed by atoms with Crippen LogP contribution in [0, 0.1) is 5.82 Å². The van der Waals surface area contributed by atoms with Gasteiger partial charge < -0.3 is 10.6 Å². The molecule has 110 valence electrons. The van der Waals surface area contributed by atoms with Crippen LogP contribution in [0.5, 0.6) is 0 Å². The first-order valence-electron chi connectivity index (χ1n) is 7.56. The predicted octanol–water partition coefficient (Wildman–Crippen LogP) is 3.54. The maximum absolute atomic E-state index is 14.9. The summed E-state index contributed by atoms with van der Waals surface area (Å²) in [6, 6.07) is 14.2. The smallest absolute Gasteiger partial charge is 0.132 e. The molecule has 1 heterocycles. The van der Waals surface area contributed by atoms with Crippen LogP contribution >= 0.6 is 0 Å². The van der Waals surface area contributed by atoms with Gasteiger partial charge in [-0.1, -0.05) is 36.4 Å². The van der Waals surface area contributed by atoms with Gasteiger partial charge in [0.05, 0.1) is 0 Å². The highest BCUT2D eigenvalue weighted by atomic mass is 19.1. The van der Waals surface area contributed by atoms with E-state index in [4.69, 9.17) is 0 Å². The molecule has 3 heteroatoms. The van der Waals surface area contributed by atoms with Gasteiger partial charge in [-0.05, 0) is 43.6 Å². The van der Waals surface area contributed by atoms with Crippen molar-refractivity contribution in [2.45, 2.75) is 18.8 Å². The summed E-state index contributed by atoms with van der Waals surface area (Å²) in [4.78, 5) is 0. The Morgan fingerprint density at radius 2 is 2.00 bits per heavy atom. The van der Waals surface area contributed by atoms with Gasteiger partial charge in [-0.25, -0.2) is 4.39 Å². The first-order valence-corrected chi connectivity index (χ1v) is 7.56. The summed E-state index contributed by atoms with van der Waals surface area (Å²) in [6.45, 7) is 1.70. The molecule has 21 heavy (non-hydrogen) atoms. The van der Waals surface area contributed by atoms with Gasteiger partial charge >= 0.3 is 0 Å². The topological polar surface area (TPSA) is 24.1 Å². The van der Waals surface area contributed by atoms with E-state index in [1.807, 2.05) is 37.4 Å². The summed E-state index contributed by atoms with van der Waals surface area (Å²) in [5, 5.41) is 6.41. The molecule has 0 aliphatic carbocycles. The molecule has 1 aliphatic heterocycles. The fraction of sp³-hybridized carbons (Fsp3) is 0.333. The van der Waals surface area contributed by atoms with Gasteiger partial charge in [-0.15, -0.1) is 0 Å². The van der Waals surface area contributed by atoms with Crippen molar-refractivity contribution in [3.8, 4) is 0 Å². The number of anilines is 1. The van der Waals surface area contributed by atoms with Gasteiger partial charge in [0.1, 0.15) is 5.82 Å². The molecule has 0 aromatic heterocycles. The minimum atomic E-state index is -0.0255. The quantitative estimate of drug-likeness (QED) is 0.877. The van der Waals surface area contributed by atoms with Crippen molar-refractivity contribution < 1.29 is 4.39 Å². The maximum atomic E-state index is 14.9. The largest absolute Gasteiger partial charge is 0.384 e. The fourth-order valence-corrected chi connectivity index (χ4v) is 3.12. The molecule has 0 radical (unpaired) electrons. The summed E-state index contributed by atoms with van der Waals surface area (Å²) in [5.41, 5.74) is 3.80. The van der Waals surface area contributed by atoms with E-state index in [0.717, 1.165) is 42.7 Å². The van der Waals surface area contributed by atoms with Crippen LogP contribution < -0.4 is 10.6 Å². The fourth-order valence-electron chi connectivity index (χ4n) is 3.12. The van der Waals surface area contributed by atoms with E-state index in [1.54, 1.807) is 0 Å². The van der Waals surface area contributed by atoms with Crippen LogP contribution in [0.1, 0.15) is 29.0 Å². The van der Waals surface area contributed by atoms with E-state index in [1.165, 1.54) is 5.56 Å². The zero-order valence-electron chi connectivity index (χ0n) is 12.3. The zero-order valence-corrected chi connectivity index (χ0v) is 12.3. The van der Waals surface area contributed by atoms with Crippen LogP contribution in [-0.4, -0.2) is 20.1 Å². The number of hydrogen-bond acceptors (Lipinski definition) is 2. The second-order valence-electron chi connectivity index (χ2n) is 5.53. The van der Waals surface area contributed by atoms with Crippen LogP contribution in [0.15, 0.2) is 42.5 Å². The number of halogens is 1. The lowest BCUT2D eigenvalue weighted by molar-refractivity contribution is 0.569. The number of nitrogens with one attached hydrogen (secondary N) is 2. The Morgan fingerprint density at radius 1 is 1.19 bits per heavy atom. The maximum Gasteiger partial charge on any atom is 0.132 e. The third-order valence-corrected chi connectivity index (χ3v) is 4.22. The molecule has 1 aliphatic rings. The molecular weight excluding hydrogens is 263 g/mol. The van der Waals surface area contributed by atoms with E-state index in [2.05, 4.69) is 22.8 Å². The molecule has 0 fully saturated rings. The van der Waals surface area contributed by atoms with Crippen LogP contribution in [-0.2, 0) is 6.42 Å². The summed E-state index contributed by atoms with van der Waals surface area (Å²) >= 11 is 0. The monoisotopic (exact) mass is 284 g/mol. The molecule has 2 nitrogen and oxygen atoms in total. The molecule has 1 unspecified atom stereocenters. The zero-order chi connectivity index (χ0) is 14.7. The van der Waals surface area contributed by atoms with Gasteiger partial charge in [0, 0.05) is 23.7 Å². The van der Waals surface area contributed by atoms with Crippen molar-refractivity contribution in [1.82, 2.24) is 5.32 Å². The van der Waals surface area contributed by atoms with Gasteiger partial charge in [-0.2, -0.15) is 0 Å². The van der Waals surface area contributed by atoms with Gasteiger partial charge in [0.25, 0.3) is 0 Å². The van der Waals surface area contributed by atoms with Gasteiger partial charge in [0.15, 0.2) is 0 Å². The molecule has 0 amide bonds. The van der Waals surface area contributed by atoms with Crippen molar-refractivity contribution >= 4 is 5.69 Å². The first kappa shape index (κ1) is 14.1. The number of benzene rings is 2. The highest BCUT2D eigenvalue weighted by Crippen LogP contribution is 2.35. The Bertz CT molecular complexity index is 610. The first-order chi connectivity index (χ1) is 10.3. The molecule has 1 atom stereocenters. The third-order valence-electron chi connectivity index (χ3n) is 4.22. The van der Waals surface area contributed by atoms with Crippen molar-refractivity contribution in [3.63, 3.8) is 0 Å². The lowest BCUT2D eigenvalue weighted by atomic mass is 9.87. The van der Waals surface area contributed by atoms with Crippen molar-refractivity contribution in [2.75, 3.05) is 25.5 Å². The van der Waals surface area contributed by atoms with E-state index in [0.29, 0.717) is 0 Å². The average molecular weight is 284 g/mol. The standard InChI is InChI=1S/C18H21FN2/c1-20-11-9-14(13-5-3-2-4-6-13)15-7-8-17-16(18(15)19)10-12-21-17/h2-8,14,20-21H,9-12H2,1H3. The van der Waals surface area contributed by atoms with Crippen molar-refractivity contribution in [2.24, 2.45) is 0 Å². The molecule has 2 N–H and O–H groups in total. The minimum absolute atomic E-state index is 0.0255. The Morgan fingerprint density at radius 3 is 2.76 bits per heavy atom. The number of rotatable bonds is 5. The predicted molar refractivity (Wildman–Crippen MR) is 85.4 cm³/mol. The minimum Gasteiger partial charge on any atom is -0.384 e. The highest BCUT2D eigenvalue weighted by molar-refractivity contribution is 5.58. The van der Waals surface area contributed by atoms with Crippen LogP contribution in [0.3, 0.4) is 0 Å². The number of hydrogen-bond donors (Lipinski definition) is 2. The molecule has 3 rings (SSSR count). The summed E-state index contributed by atoms with van der Waals surface area (Å²) in [6.07, 6.45) is 1.67. The molecule has 0 saturated heterocycles. The van der Waals surface area contributed by atoms with Crippen LogP contribution in [0.4, 0.5) is 10.1 Å². The number of fused-ring (bicyclic) bond motifs is 1.